The van der Waals surface area contributed by atoms with Crippen LogP contribution in [-0.2, 0) is 4.79 Å². The van der Waals surface area contributed by atoms with Gasteiger partial charge in [0.05, 0.1) is 5.52 Å². The van der Waals surface area contributed by atoms with Crippen LogP contribution in [-0.4, -0.2) is 21.6 Å². The highest BCUT2D eigenvalue weighted by Gasteiger charge is 2.21. The van der Waals surface area contributed by atoms with Crippen molar-refractivity contribution < 1.29 is 9.21 Å². The Morgan fingerprint density at radius 1 is 1.23 bits per heavy atom. The fourth-order valence-corrected chi connectivity index (χ4v) is 2.28. The Labute approximate surface area is 132 Å². The van der Waals surface area contributed by atoms with E-state index in [1.165, 1.54) is 4.57 Å². The third-order valence-electron chi connectivity index (χ3n) is 3.00. The maximum atomic E-state index is 12.2. The van der Waals surface area contributed by atoms with E-state index in [2.05, 4.69) is 16.2 Å². The van der Waals surface area contributed by atoms with Crippen LogP contribution in [0.3, 0.4) is 0 Å². The second-order valence-corrected chi connectivity index (χ2v) is 5.53. The summed E-state index contributed by atoms with van der Waals surface area (Å²) >= 11 is 5.01. The molecule has 22 heavy (non-hydrogen) atoms. The molecule has 1 heterocycles. The molecule has 2 aromatic rings. The van der Waals surface area contributed by atoms with Gasteiger partial charge in [0.25, 0.3) is 5.91 Å². The van der Waals surface area contributed by atoms with Gasteiger partial charge in [0, 0.05) is 6.04 Å². The van der Waals surface area contributed by atoms with Crippen LogP contribution in [0.15, 0.2) is 33.5 Å². The third-order valence-corrected chi connectivity index (χ3v) is 3.22. The minimum atomic E-state index is -0.745. The predicted molar refractivity (Wildman–Crippen MR) is 87.3 cm³/mol. The molecule has 0 aliphatic carbocycles. The highest BCUT2D eigenvalue weighted by Crippen LogP contribution is 2.16. The van der Waals surface area contributed by atoms with Crippen molar-refractivity contribution in [2.75, 3.05) is 0 Å². The van der Waals surface area contributed by atoms with Gasteiger partial charge < -0.3 is 9.73 Å². The molecule has 1 aromatic heterocycles. The first kappa shape index (κ1) is 16.0. The van der Waals surface area contributed by atoms with E-state index in [9.17, 15) is 9.59 Å². The van der Waals surface area contributed by atoms with Gasteiger partial charge >= 0.3 is 5.76 Å². The molecule has 0 spiro atoms. The fourth-order valence-electron chi connectivity index (χ4n) is 1.99. The van der Waals surface area contributed by atoms with Crippen molar-refractivity contribution in [1.29, 1.82) is 0 Å². The van der Waals surface area contributed by atoms with Gasteiger partial charge in [0.2, 0.25) is 0 Å². The highest BCUT2D eigenvalue weighted by molar-refractivity contribution is 7.80. The van der Waals surface area contributed by atoms with Gasteiger partial charge in [-0.2, -0.15) is 0 Å². The van der Waals surface area contributed by atoms with Crippen LogP contribution >= 0.6 is 12.2 Å². The Kier molecular flexibility index (Phi) is 4.81. The average molecular weight is 322 g/mol. The molecule has 2 rings (SSSR count). The van der Waals surface area contributed by atoms with Crippen LogP contribution in [0.1, 0.15) is 26.8 Å². The van der Waals surface area contributed by atoms with E-state index in [-0.39, 0.29) is 6.04 Å². The van der Waals surface area contributed by atoms with E-state index in [1.807, 2.05) is 13.8 Å². The molecule has 1 amide bonds. The largest absolute Gasteiger partial charge is 0.420 e. The number of hydrogen-bond acceptors (Lipinski definition) is 4. The van der Waals surface area contributed by atoms with Crippen molar-refractivity contribution in [3.05, 3.63) is 34.8 Å². The number of rotatable bonds is 3. The van der Waals surface area contributed by atoms with E-state index in [1.54, 1.807) is 31.2 Å². The minimum absolute atomic E-state index is 0.148. The van der Waals surface area contributed by atoms with Gasteiger partial charge in [-0.1, -0.05) is 12.1 Å². The topological polar surface area (TPSA) is 88.3 Å². The number of carbonyl (C=O) groups is 1. The summed E-state index contributed by atoms with van der Waals surface area (Å²) in [5.74, 6) is -0.978. The quantitative estimate of drug-likeness (QED) is 0.578. The molecule has 3 N–H and O–H groups in total. The Morgan fingerprint density at radius 2 is 1.91 bits per heavy atom. The predicted octanol–water partition coefficient (Wildman–Crippen LogP) is 1.06. The lowest BCUT2D eigenvalue weighted by Crippen LogP contribution is -2.50. The maximum absolute atomic E-state index is 12.2. The summed E-state index contributed by atoms with van der Waals surface area (Å²) in [5.41, 5.74) is 6.08. The van der Waals surface area contributed by atoms with Crippen LogP contribution in [0.25, 0.3) is 11.1 Å². The molecular weight excluding hydrogens is 304 g/mol. The summed E-state index contributed by atoms with van der Waals surface area (Å²) in [6, 6.07) is 6.34. The monoisotopic (exact) mass is 322 g/mol. The summed E-state index contributed by atoms with van der Waals surface area (Å²) in [6.07, 6.45) is 0. The van der Waals surface area contributed by atoms with Gasteiger partial charge in [-0.25, -0.2) is 4.79 Å². The molecule has 0 radical (unpaired) electrons. The van der Waals surface area contributed by atoms with Crippen molar-refractivity contribution in [1.82, 2.24) is 20.7 Å². The molecular formula is C14H18N4O3S. The average Bonchev–Trinajstić information content (AvgIpc) is 2.79. The Hall–Kier alpha value is -2.35. The number of carbonyl (C=O) groups excluding carboxylic acids is 1. The van der Waals surface area contributed by atoms with E-state index < -0.39 is 17.7 Å². The molecule has 0 aliphatic rings. The Balaban J connectivity index is 2.11. The number of fused-ring (bicyclic) bond motifs is 1. The first-order valence-electron chi connectivity index (χ1n) is 6.86. The number of thiocarbonyl (C=S) groups is 1. The van der Waals surface area contributed by atoms with Gasteiger partial charge in [-0.3, -0.25) is 20.2 Å². The number of para-hydroxylation sites is 2. The number of nitrogens with one attached hydrogen (secondary N) is 3. The zero-order valence-corrected chi connectivity index (χ0v) is 13.4. The molecule has 0 fully saturated rings. The third kappa shape index (κ3) is 3.45. The van der Waals surface area contributed by atoms with Gasteiger partial charge in [0.1, 0.15) is 6.04 Å². The number of oxazole rings is 1. The fraction of sp³-hybridized carbons (Fsp3) is 0.357. The maximum Gasteiger partial charge on any atom is 0.420 e. The van der Waals surface area contributed by atoms with E-state index in [4.69, 9.17) is 16.6 Å². The van der Waals surface area contributed by atoms with Crippen molar-refractivity contribution >= 4 is 34.3 Å². The van der Waals surface area contributed by atoms with Crippen molar-refractivity contribution in [2.24, 2.45) is 0 Å². The lowest BCUT2D eigenvalue weighted by atomic mass is 10.2. The summed E-state index contributed by atoms with van der Waals surface area (Å²) in [4.78, 5) is 24.1. The number of aromatic nitrogens is 1. The summed E-state index contributed by atoms with van der Waals surface area (Å²) in [6.45, 7) is 5.46. The second kappa shape index (κ2) is 6.61. The number of hydrazine groups is 1. The van der Waals surface area contributed by atoms with Gasteiger partial charge in [0.15, 0.2) is 10.7 Å². The zero-order chi connectivity index (χ0) is 16.3. The smallest absolute Gasteiger partial charge is 0.408 e. The van der Waals surface area contributed by atoms with Crippen LogP contribution in [0, 0.1) is 0 Å². The minimum Gasteiger partial charge on any atom is -0.408 e. The van der Waals surface area contributed by atoms with Crippen molar-refractivity contribution in [3.63, 3.8) is 0 Å². The number of hydrogen-bond donors (Lipinski definition) is 3. The van der Waals surface area contributed by atoms with E-state index in [0.717, 1.165) is 0 Å². The molecule has 1 aromatic carbocycles. The molecule has 0 bridgehead atoms. The summed E-state index contributed by atoms with van der Waals surface area (Å²) < 4.78 is 6.41. The first-order valence-corrected chi connectivity index (χ1v) is 7.27. The number of benzene rings is 1. The second-order valence-electron chi connectivity index (χ2n) is 5.12. The Bertz CT molecular complexity index is 750. The van der Waals surface area contributed by atoms with E-state index >= 15 is 0 Å². The van der Waals surface area contributed by atoms with Crippen molar-refractivity contribution in [2.45, 2.75) is 32.9 Å². The van der Waals surface area contributed by atoms with Crippen LogP contribution in [0.4, 0.5) is 0 Å². The Morgan fingerprint density at radius 3 is 2.59 bits per heavy atom. The molecule has 7 nitrogen and oxygen atoms in total. The van der Waals surface area contributed by atoms with Crippen molar-refractivity contribution in [3.8, 4) is 0 Å². The van der Waals surface area contributed by atoms with Gasteiger partial charge in [-0.05, 0) is 45.1 Å². The standard InChI is InChI=1S/C14H18N4O3S/c1-8(2)15-13(22)17-16-12(19)9(3)18-10-6-4-5-7-11(10)21-14(18)20/h4-9H,1-3H3,(H,16,19)(H2,15,17,22). The van der Waals surface area contributed by atoms with Crippen LogP contribution in [0.2, 0.25) is 0 Å². The summed E-state index contributed by atoms with van der Waals surface area (Å²) in [5, 5.41) is 3.24. The SMILES string of the molecule is CC(C)NC(=S)NNC(=O)C(C)n1c(=O)oc2ccccc21. The highest BCUT2D eigenvalue weighted by atomic mass is 32.1. The lowest BCUT2D eigenvalue weighted by Gasteiger charge is -2.16. The van der Waals surface area contributed by atoms with E-state index in [0.29, 0.717) is 16.2 Å². The molecule has 1 atom stereocenters. The zero-order valence-electron chi connectivity index (χ0n) is 12.5. The molecule has 8 heteroatoms. The lowest BCUT2D eigenvalue weighted by molar-refractivity contribution is -0.124. The number of nitrogens with zero attached hydrogens (tertiary/aromatic N) is 1. The van der Waals surface area contributed by atoms with Crippen LogP contribution < -0.4 is 21.9 Å². The summed E-state index contributed by atoms with van der Waals surface area (Å²) in [7, 11) is 0. The molecule has 0 saturated heterocycles. The number of amides is 1. The normalized spacial score (nSPS) is 12.2. The van der Waals surface area contributed by atoms with Gasteiger partial charge in [-0.15, -0.1) is 0 Å². The molecule has 0 aliphatic heterocycles. The molecule has 0 saturated carbocycles. The van der Waals surface area contributed by atoms with Crippen LogP contribution in [0.5, 0.6) is 0 Å². The first-order chi connectivity index (χ1) is 10.4. The molecule has 118 valence electrons. The molecule has 1 unspecified atom stereocenters.